The van der Waals surface area contributed by atoms with E-state index in [2.05, 4.69) is 5.32 Å². The van der Waals surface area contributed by atoms with Gasteiger partial charge in [0, 0.05) is 18.0 Å². The van der Waals surface area contributed by atoms with E-state index in [4.69, 9.17) is 23.2 Å². The van der Waals surface area contributed by atoms with Gasteiger partial charge in [-0.15, -0.1) is 0 Å². The summed E-state index contributed by atoms with van der Waals surface area (Å²) in [7, 11) is -2.94. The van der Waals surface area contributed by atoms with Crippen molar-refractivity contribution in [3.63, 3.8) is 0 Å². The quantitative estimate of drug-likeness (QED) is 0.876. The van der Waals surface area contributed by atoms with Crippen molar-refractivity contribution in [2.45, 2.75) is 13.3 Å². The normalized spacial score (nSPS) is 11.5. The van der Waals surface area contributed by atoms with Crippen molar-refractivity contribution in [3.8, 4) is 0 Å². The predicted molar refractivity (Wildman–Crippen MR) is 73.9 cm³/mol. The molecule has 1 rings (SSSR count). The first kappa shape index (κ1) is 14.6. The van der Waals surface area contributed by atoms with Crippen molar-refractivity contribution in [2.24, 2.45) is 0 Å². The zero-order valence-corrected chi connectivity index (χ0v) is 11.9. The number of halogens is 2. The van der Waals surface area contributed by atoms with Crippen LogP contribution in [0.5, 0.6) is 0 Å². The maximum absolute atomic E-state index is 11.5. The molecule has 17 heavy (non-hydrogen) atoms. The molecule has 0 amide bonds. The van der Waals surface area contributed by atoms with E-state index in [1.807, 2.05) is 6.92 Å². The summed E-state index contributed by atoms with van der Waals surface area (Å²) in [5.41, 5.74) is 0.770. The maximum atomic E-state index is 11.5. The zero-order valence-electron chi connectivity index (χ0n) is 9.54. The third-order valence-electron chi connectivity index (χ3n) is 2.18. The molecular weight excluding hydrogens is 281 g/mol. The van der Waals surface area contributed by atoms with Crippen LogP contribution >= 0.6 is 23.2 Å². The Balaban J connectivity index is 2.49. The summed E-state index contributed by atoms with van der Waals surface area (Å²) in [5, 5.41) is 3.94. The van der Waals surface area contributed by atoms with Gasteiger partial charge in [-0.25, -0.2) is 8.42 Å². The molecule has 0 bridgehead atoms. The third-order valence-corrected chi connectivity index (χ3v) is 4.77. The minimum atomic E-state index is -2.94. The number of anilines is 1. The summed E-state index contributed by atoms with van der Waals surface area (Å²) in [6.07, 6.45) is 0.648. The molecule has 0 fully saturated rings. The molecule has 1 aromatic carbocycles. The molecule has 3 nitrogen and oxygen atoms in total. The van der Waals surface area contributed by atoms with Crippen LogP contribution in [0.4, 0.5) is 5.69 Å². The average Bonchev–Trinajstić information content (AvgIpc) is 2.23. The molecule has 0 saturated carbocycles. The Morgan fingerprint density at radius 1 is 1.18 bits per heavy atom. The van der Waals surface area contributed by atoms with Crippen LogP contribution in [-0.2, 0) is 9.84 Å². The van der Waals surface area contributed by atoms with Crippen LogP contribution in [0, 0.1) is 0 Å². The smallest absolute Gasteiger partial charge is 0.152 e. The second kappa shape index (κ2) is 6.47. The summed E-state index contributed by atoms with van der Waals surface area (Å²) < 4.78 is 22.9. The fraction of sp³-hybridized carbons (Fsp3) is 0.455. The molecule has 0 saturated heterocycles. The summed E-state index contributed by atoms with van der Waals surface area (Å²) in [6.45, 7) is 2.23. The number of nitrogens with one attached hydrogen (secondary N) is 1. The second-order valence-electron chi connectivity index (χ2n) is 3.71. The summed E-state index contributed by atoms with van der Waals surface area (Å²) in [4.78, 5) is 0. The lowest BCUT2D eigenvalue weighted by molar-refractivity contribution is 0.595. The Hall–Kier alpha value is -0.450. The lowest BCUT2D eigenvalue weighted by atomic mass is 10.3. The molecule has 0 aliphatic heterocycles. The molecule has 1 N–H and O–H groups in total. The van der Waals surface area contributed by atoms with E-state index in [0.29, 0.717) is 23.0 Å². The van der Waals surface area contributed by atoms with Gasteiger partial charge in [0.2, 0.25) is 0 Å². The van der Waals surface area contributed by atoms with E-state index >= 15 is 0 Å². The van der Waals surface area contributed by atoms with Crippen molar-refractivity contribution in [2.75, 3.05) is 23.4 Å². The van der Waals surface area contributed by atoms with Gasteiger partial charge >= 0.3 is 0 Å². The van der Waals surface area contributed by atoms with Gasteiger partial charge in [-0.2, -0.15) is 0 Å². The van der Waals surface area contributed by atoms with Gasteiger partial charge in [0.1, 0.15) is 0 Å². The first-order chi connectivity index (χ1) is 7.94. The second-order valence-corrected chi connectivity index (χ2v) is 6.83. The number of benzene rings is 1. The first-order valence-electron chi connectivity index (χ1n) is 5.34. The third kappa shape index (κ3) is 5.15. The van der Waals surface area contributed by atoms with E-state index in [1.165, 1.54) is 0 Å². The number of hydrogen-bond donors (Lipinski definition) is 1. The van der Waals surface area contributed by atoms with Crippen molar-refractivity contribution < 1.29 is 8.42 Å². The molecule has 0 atom stereocenters. The Labute approximate surface area is 112 Å². The SMILES string of the molecule is CCCS(=O)(=O)CCNc1ccc(Cl)c(Cl)c1. The standard InChI is InChI=1S/C11H15Cl2NO2S/c1-2-6-17(15,16)7-5-14-9-3-4-10(12)11(13)8-9/h3-4,8,14H,2,5-7H2,1H3. The molecule has 0 aliphatic carbocycles. The molecule has 0 heterocycles. The van der Waals surface area contributed by atoms with Crippen molar-refractivity contribution in [3.05, 3.63) is 28.2 Å². The van der Waals surface area contributed by atoms with Crippen LogP contribution in [0.3, 0.4) is 0 Å². The van der Waals surface area contributed by atoms with E-state index in [9.17, 15) is 8.42 Å². The number of sulfone groups is 1. The predicted octanol–water partition coefficient (Wildman–Crippen LogP) is 3.23. The van der Waals surface area contributed by atoms with Crippen LogP contribution in [-0.4, -0.2) is 26.5 Å². The van der Waals surface area contributed by atoms with Gasteiger partial charge in [0.05, 0.1) is 15.8 Å². The van der Waals surface area contributed by atoms with Crippen LogP contribution in [0.15, 0.2) is 18.2 Å². The average molecular weight is 296 g/mol. The highest BCUT2D eigenvalue weighted by molar-refractivity contribution is 7.91. The molecule has 0 spiro atoms. The fourth-order valence-corrected chi connectivity index (χ4v) is 2.91. The molecular formula is C11H15Cl2NO2S. The Morgan fingerprint density at radius 3 is 2.47 bits per heavy atom. The van der Waals surface area contributed by atoms with Gasteiger partial charge < -0.3 is 5.32 Å². The first-order valence-corrected chi connectivity index (χ1v) is 7.91. The number of hydrogen-bond acceptors (Lipinski definition) is 3. The van der Waals surface area contributed by atoms with Gasteiger partial charge in [0.25, 0.3) is 0 Å². The van der Waals surface area contributed by atoms with Gasteiger partial charge in [-0.05, 0) is 24.6 Å². The van der Waals surface area contributed by atoms with Crippen LogP contribution in [0.1, 0.15) is 13.3 Å². The molecule has 1 aromatic rings. The Kier molecular flexibility index (Phi) is 5.56. The highest BCUT2D eigenvalue weighted by Crippen LogP contribution is 2.24. The fourth-order valence-electron chi connectivity index (χ4n) is 1.37. The van der Waals surface area contributed by atoms with Crippen molar-refractivity contribution in [1.29, 1.82) is 0 Å². The Bertz CT molecular complexity index is 474. The van der Waals surface area contributed by atoms with E-state index in [-0.39, 0.29) is 11.5 Å². The summed E-state index contributed by atoms with van der Waals surface area (Å²) in [6, 6.07) is 5.11. The van der Waals surface area contributed by atoms with Gasteiger partial charge in [0.15, 0.2) is 9.84 Å². The number of rotatable bonds is 6. The van der Waals surface area contributed by atoms with E-state index in [0.717, 1.165) is 5.69 Å². The largest absolute Gasteiger partial charge is 0.384 e. The molecule has 0 aromatic heterocycles. The molecule has 96 valence electrons. The zero-order chi connectivity index (χ0) is 12.9. The van der Waals surface area contributed by atoms with Crippen molar-refractivity contribution in [1.82, 2.24) is 0 Å². The van der Waals surface area contributed by atoms with Gasteiger partial charge in [-0.1, -0.05) is 30.1 Å². The molecule has 0 aliphatic rings. The highest BCUT2D eigenvalue weighted by atomic mass is 35.5. The summed E-state index contributed by atoms with van der Waals surface area (Å²) in [5.74, 6) is 0.358. The van der Waals surface area contributed by atoms with E-state index in [1.54, 1.807) is 18.2 Å². The highest BCUT2D eigenvalue weighted by Gasteiger charge is 2.08. The summed E-state index contributed by atoms with van der Waals surface area (Å²) >= 11 is 11.6. The minimum Gasteiger partial charge on any atom is -0.384 e. The minimum absolute atomic E-state index is 0.126. The topological polar surface area (TPSA) is 46.2 Å². The van der Waals surface area contributed by atoms with Crippen LogP contribution in [0.2, 0.25) is 10.0 Å². The lowest BCUT2D eigenvalue weighted by Gasteiger charge is -2.07. The lowest BCUT2D eigenvalue weighted by Crippen LogP contribution is -2.18. The monoisotopic (exact) mass is 295 g/mol. The van der Waals surface area contributed by atoms with Crippen LogP contribution < -0.4 is 5.32 Å². The molecule has 0 unspecified atom stereocenters. The molecule has 0 radical (unpaired) electrons. The van der Waals surface area contributed by atoms with Crippen LogP contribution in [0.25, 0.3) is 0 Å². The van der Waals surface area contributed by atoms with E-state index < -0.39 is 9.84 Å². The maximum Gasteiger partial charge on any atom is 0.152 e. The van der Waals surface area contributed by atoms with Crippen molar-refractivity contribution >= 4 is 38.7 Å². The molecule has 6 heteroatoms. The Morgan fingerprint density at radius 2 is 1.88 bits per heavy atom. The van der Waals surface area contributed by atoms with Gasteiger partial charge in [-0.3, -0.25) is 0 Å².